The van der Waals surface area contributed by atoms with Crippen LogP contribution in [0.4, 0.5) is 5.69 Å². The minimum atomic E-state index is -0.311. The summed E-state index contributed by atoms with van der Waals surface area (Å²) in [6.45, 7) is 6.31. The van der Waals surface area contributed by atoms with Crippen LogP contribution in [0.1, 0.15) is 43.4 Å². The fraction of sp³-hybridized carbons (Fsp3) is 0.304. The van der Waals surface area contributed by atoms with Crippen LogP contribution in [0.25, 0.3) is 16.7 Å². The Morgan fingerprint density at radius 2 is 1.91 bits per heavy atom. The number of halogens is 1. The maximum absolute atomic E-state index is 12.6. The van der Waals surface area contributed by atoms with Crippen molar-refractivity contribution in [2.75, 3.05) is 5.32 Å². The first kappa shape index (κ1) is 21.8. The van der Waals surface area contributed by atoms with Gasteiger partial charge in [-0.3, -0.25) is 18.6 Å². The van der Waals surface area contributed by atoms with Crippen LogP contribution in [0, 0.1) is 0 Å². The maximum atomic E-state index is 12.6. The highest BCUT2D eigenvalue weighted by Gasteiger charge is 2.20. The molecule has 0 unspecified atom stereocenters. The third-order valence-corrected chi connectivity index (χ3v) is 6.01. The minimum absolute atomic E-state index is 0.119. The van der Waals surface area contributed by atoms with Crippen LogP contribution in [0.5, 0.6) is 0 Å². The van der Waals surface area contributed by atoms with E-state index in [2.05, 4.69) is 20.8 Å². The first-order valence-corrected chi connectivity index (χ1v) is 10.8. The second kappa shape index (κ2) is 8.27. The maximum Gasteiger partial charge on any atom is 0.262 e. The minimum Gasteiger partial charge on any atom is -0.378 e. The van der Waals surface area contributed by atoms with Crippen molar-refractivity contribution in [1.29, 1.82) is 0 Å². The Hall–Kier alpha value is -3.39. The SMILES string of the molecule is CCC(C)(C)NC(=O)c1ccc(NCc2nnc3n(C)c(=O)c4ccccc4n23)cc1Cl. The predicted molar refractivity (Wildman–Crippen MR) is 126 cm³/mol. The van der Waals surface area contributed by atoms with E-state index in [1.165, 1.54) is 4.57 Å². The van der Waals surface area contributed by atoms with E-state index in [1.807, 2.05) is 43.4 Å². The standard InChI is InChI=1S/C23H25ClN6O2/c1-5-23(2,3)26-20(31)15-11-10-14(12-17(15)24)25-13-19-27-28-22-29(4)21(32)16-8-6-7-9-18(16)30(19)22/h6-12,25H,5,13H2,1-4H3,(H,26,31). The van der Waals surface area contributed by atoms with Gasteiger partial charge in [0.2, 0.25) is 5.78 Å². The van der Waals surface area contributed by atoms with Gasteiger partial charge in [0.25, 0.3) is 11.5 Å². The Balaban J connectivity index is 1.60. The quantitative estimate of drug-likeness (QED) is 0.464. The highest BCUT2D eigenvalue weighted by molar-refractivity contribution is 6.34. The Morgan fingerprint density at radius 3 is 2.62 bits per heavy atom. The topological polar surface area (TPSA) is 93.3 Å². The number of aromatic nitrogens is 4. The van der Waals surface area contributed by atoms with Crippen molar-refractivity contribution < 1.29 is 4.79 Å². The van der Waals surface area contributed by atoms with Crippen molar-refractivity contribution >= 4 is 39.9 Å². The lowest BCUT2D eigenvalue weighted by molar-refractivity contribution is 0.0911. The Morgan fingerprint density at radius 1 is 1.16 bits per heavy atom. The van der Waals surface area contributed by atoms with Gasteiger partial charge >= 0.3 is 0 Å². The van der Waals surface area contributed by atoms with E-state index in [0.29, 0.717) is 34.1 Å². The molecular weight excluding hydrogens is 428 g/mol. The van der Waals surface area contributed by atoms with Crippen LogP contribution in [0.2, 0.25) is 5.02 Å². The highest BCUT2D eigenvalue weighted by Crippen LogP contribution is 2.23. The molecule has 0 bridgehead atoms. The Labute approximate surface area is 190 Å². The molecule has 0 saturated carbocycles. The van der Waals surface area contributed by atoms with E-state index in [9.17, 15) is 9.59 Å². The van der Waals surface area contributed by atoms with Crippen molar-refractivity contribution in [1.82, 2.24) is 24.5 Å². The second-order valence-corrected chi connectivity index (χ2v) is 8.78. The van der Waals surface area contributed by atoms with Gasteiger partial charge in [-0.25, -0.2) is 0 Å². The van der Waals surface area contributed by atoms with Crippen LogP contribution in [0.3, 0.4) is 0 Å². The van der Waals surface area contributed by atoms with Gasteiger partial charge < -0.3 is 10.6 Å². The zero-order chi connectivity index (χ0) is 23.0. The van der Waals surface area contributed by atoms with Crippen LogP contribution >= 0.6 is 11.6 Å². The summed E-state index contributed by atoms with van der Waals surface area (Å²) in [5.41, 5.74) is 1.48. The van der Waals surface area contributed by atoms with Gasteiger partial charge in [0, 0.05) is 18.3 Å². The number of nitrogens with one attached hydrogen (secondary N) is 2. The molecule has 2 aromatic heterocycles. The van der Waals surface area contributed by atoms with Crippen LogP contribution in [0.15, 0.2) is 47.3 Å². The number of benzene rings is 2. The first-order chi connectivity index (χ1) is 15.2. The molecule has 4 aromatic rings. The molecule has 0 saturated heterocycles. The second-order valence-electron chi connectivity index (χ2n) is 8.37. The highest BCUT2D eigenvalue weighted by atomic mass is 35.5. The first-order valence-electron chi connectivity index (χ1n) is 10.4. The van der Waals surface area contributed by atoms with Crippen LogP contribution in [-0.4, -0.2) is 30.6 Å². The van der Waals surface area contributed by atoms with Crippen molar-refractivity contribution in [3.63, 3.8) is 0 Å². The van der Waals surface area contributed by atoms with E-state index in [4.69, 9.17) is 11.6 Å². The third-order valence-electron chi connectivity index (χ3n) is 5.69. The number of amides is 1. The lowest BCUT2D eigenvalue weighted by atomic mass is 10.0. The molecule has 0 fully saturated rings. The van der Waals surface area contributed by atoms with Gasteiger partial charge in [0.1, 0.15) is 0 Å². The average Bonchev–Trinajstić information content (AvgIpc) is 3.20. The molecular formula is C23H25ClN6O2. The summed E-state index contributed by atoms with van der Waals surface area (Å²) in [6.07, 6.45) is 0.808. The zero-order valence-corrected chi connectivity index (χ0v) is 19.2. The van der Waals surface area contributed by atoms with Crippen molar-refractivity contribution in [2.24, 2.45) is 7.05 Å². The number of fused-ring (bicyclic) bond motifs is 3. The van der Waals surface area contributed by atoms with Gasteiger partial charge in [-0.05, 0) is 50.6 Å². The molecule has 2 N–H and O–H groups in total. The number of hydrogen-bond acceptors (Lipinski definition) is 5. The molecule has 4 rings (SSSR count). The van der Waals surface area contributed by atoms with Crippen molar-refractivity contribution in [2.45, 2.75) is 39.3 Å². The van der Waals surface area contributed by atoms with Gasteiger partial charge in [-0.1, -0.05) is 30.7 Å². The summed E-state index contributed by atoms with van der Waals surface area (Å²) < 4.78 is 3.35. The fourth-order valence-electron chi connectivity index (χ4n) is 3.46. The number of hydrogen-bond donors (Lipinski definition) is 2. The summed E-state index contributed by atoms with van der Waals surface area (Å²) in [5, 5.41) is 15.7. The molecule has 1 amide bonds. The molecule has 0 aliphatic carbocycles. The summed E-state index contributed by atoms with van der Waals surface area (Å²) in [5.74, 6) is 0.910. The number of nitrogens with zero attached hydrogens (tertiary/aromatic N) is 4. The third kappa shape index (κ3) is 3.93. The van der Waals surface area contributed by atoms with Gasteiger partial charge in [0.15, 0.2) is 5.82 Å². The summed E-state index contributed by atoms with van der Waals surface area (Å²) >= 11 is 6.40. The van der Waals surface area contributed by atoms with E-state index < -0.39 is 0 Å². The van der Waals surface area contributed by atoms with Crippen molar-refractivity contribution in [3.8, 4) is 0 Å². The predicted octanol–water partition coefficient (Wildman–Crippen LogP) is 3.77. The number of para-hydroxylation sites is 1. The zero-order valence-electron chi connectivity index (χ0n) is 18.4. The number of aryl methyl sites for hydroxylation is 1. The molecule has 0 radical (unpaired) electrons. The average molecular weight is 453 g/mol. The summed E-state index contributed by atoms with van der Waals surface area (Å²) in [6, 6.07) is 12.6. The number of anilines is 1. The number of rotatable bonds is 6. The summed E-state index contributed by atoms with van der Waals surface area (Å²) in [7, 11) is 1.68. The van der Waals surface area contributed by atoms with Gasteiger partial charge in [-0.15, -0.1) is 10.2 Å². The monoisotopic (exact) mass is 452 g/mol. The Kier molecular flexibility index (Phi) is 5.64. The lowest BCUT2D eigenvalue weighted by Gasteiger charge is -2.24. The van der Waals surface area contributed by atoms with Gasteiger partial charge in [0.05, 0.1) is 28.0 Å². The molecule has 2 heterocycles. The lowest BCUT2D eigenvalue weighted by Crippen LogP contribution is -2.42. The molecule has 0 atom stereocenters. The molecule has 9 heteroatoms. The molecule has 2 aromatic carbocycles. The van der Waals surface area contributed by atoms with E-state index in [1.54, 1.807) is 31.3 Å². The van der Waals surface area contributed by atoms with Crippen molar-refractivity contribution in [3.05, 3.63) is 69.2 Å². The summed E-state index contributed by atoms with van der Waals surface area (Å²) in [4.78, 5) is 25.1. The fourth-order valence-corrected chi connectivity index (χ4v) is 3.73. The molecule has 32 heavy (non-hydrogen) atoms. The molecule has 8 nitrogen and oxygen atoms in total. The van der Waals surface area contributed by atoms with E-state index in [0.717, 1.165) is 17.6 Å². The largest absolute Gasteiger partial charge is 0.378 e. The van der Waals surface area contributed by atoms with Crippen LogP contribution in [-0.2, 0) is 13.6 Å². The van der Waals surface area contributed by atoms with Gasteiger partial charge in [-0.2, -0.15) is 0 Å². The molecule has 0 spiro atoms. The normalized spacial score (nSPS) is 11.8. The van der Waals surface area contributed by atoms with E-state index >= 15 is 0 Å². The van der Waals surface area contributed by atoms with Crippen LogP contribution < -0.4 is 16.2 Å². The molecule has 0 aliphatic rings. The molecule has 0 aliphatic heterocycles. The molecule has 166 valence electrons. The number of carbonyl (C=O) groups excluding carboxylic acids is 1. The smallest absolute Gasteiger partial charge is 0.262 e. The number of carbonyl (C=O) groups is 1. The van der Waals surface area contributed by atoms with E-state index in [-0.39, 0.29) is 17.0 Å². The Bertz CT molecular complexity index is 1390.